The Morgan fingerprint density at radius 3 is 2.36 bits per heavy atom. The van der Waals surface area contributed by atoms with Gasteiger partial charge in [0.05, 0.1) is 11.4 Å². The molecule has 0 aliphatic rings. The molecule has 0 bridgehead atoms. The largest absolute Gasteiger partial charge is 0.433 e. The van der Waals surface area contributed by atoms with E-state index in [0.29, 0.717) is 5.56 Å². The molecule has 0 aliphatic heterocycles. The molecule has 4 N–H and O–H groups in total. The summed E-state index contributed by atoms with van der Waals surface area (Å²) in [5.74, 6) is -0.212. The zero-order valence-corrected chi connectivity index (χ0v) is 17.4. The van der Waals surface area contributed by atoms with Crippen LogP contribution in [-0.4, -0.2) is 32.2 Å². The third-order valence-electron chi connectivity index (χ3n) is 4.52. The van der Waals surface area contributed by atoms with Gasteiger partial charge in [-0.05, 0) is 37.6 Å². The second-order valence-corrected chi connectivity index (χ2v) is 6.98. The molecule has 7 nitrogen and oxygen atoms in total. The Balaban J connectivity index is 2.12. The lowest BCUT2D eigenvalue weighted by Gasteiger charge is -2.21. The second-order valence-electron chi connectivity index (χ2n) is 6.98. The maximum absolute atomic E-state index is 13.2. The molecular weight excluding hydrogens is 452 g/mol. The van der Waals surface area contributed by atoms with E-state index in [9.17, 15) is 26.3 Å². The lowest BCUT2D eigenvalue weighted by atomic mass is 10.1. The van der Waals surface area contributed by atoms with Gasteiger partial charge in [0.1, 0.15) is 23.4 Å². The lowest BCUT2D eigenvalue weighted by Crippen LogP contribution is -2.34. The number of halogens is 6. The Morgan fingerprint density at radius 1 is 1.03 bits per heavy atom. The second kappa shape index (κ2) is 9.08. The molecule has 1 unspecified atom stereocenters. The predicted molar refractivity (Wildman–Crippen MR) is 111 cm³/mol. The fourth-order valence-corrected chi connectivity index (χ4v) is 2.87. The van der Waals surface area contributed by atoms with Gasteiger partial charge < -0.3 is 16.4 Å². The van der Waals surface area contributed by atoms with Gasteiger partial charge in [-0.1, -0.05) is 13.0 Å². The van der Waals surface area contributed by atoms with Gasteiger partial charge in [-0.15, -0.1) is 0 Å². The number of aromatic nitrogens is 4. The highest BCUT2D eigenvalue weighted by molar-refractivity contribution is 5.70. The smallest absolute Gasteiger partial charge is 0.384 e. The van der Waals surface area contributed by atoms with E-state index in [-0.39, 0.29) is 41.1 Å². The first kappa shape index (κ1) is 24.0. The van der Waals surface area contributed by atoms with Gasteiger partial charge in [-0.3, -0.25) is 4.98 Å². The molecule has 3 heterocycles. The number of hydrogen-bond donors (Lipinski definition) is 3. The van der Waals surface area contributed by atoms with Crippen LogP contribution in [0.4, 0.5) is 49.6 Å². The fraction of sp³-hybridized carbons (Fsp3) is 0.300. The van der Waals surface area contributed by atoms with Gasteiger partial charge in [0, 0.05) is 17.4 Å². The molecule has 0 fully saturated rings. The quantitative estimate of drug-likeness (QED) is 0.425. The van der Waals surface area contributed by atoms with Crippen LogP contribution in [0.3, 0.4) is 0 Å². The van der Waals surface area contributed by atoms with Crippen LogP contribution >= 0.6 is 0 Å². The van der Waals surface area contributed by atoms with Gasteiger partial charge >= 0.3 is 12.4 Å². The monoisotopic (exact) mass is 471 g/mol. The first-order chi connectivity index (χ1) is 15.4. The van der Waals surface area contributed by atoms with E-state index < -0.39 is 24.1 Å². The average Bonchev–Trinajstić information content (AvgIpc) is 2.72. The maximum Gasteiger partial charge on any atom is 0.433 e. The third-order valence-corrected chi connectivity index (χ3v) is 4.52. The standard InChI is InChI=1S/C20H19F6N7/c1-3-12-16(13-5-4-6-15(27)31-13)32-18(33-17(12)29-10(2)19(21,22)23)30-11-7-8-28-14(9-11)20(24,25)26/h4-10H,3H2,1-2H3,(H2,27,31)(H2,28,29,30,32,33). The molecule has 176 valence electrons. The van der Waals surface area contributed by atoms with Crippen molar-refractivity contribution in [2.24, 2.45) is 0 Å². The van der Waals surface area contributed by atoms with E-state index >= 15 is 0 Å². The Kier molecular flexibility index (Phi) is 6.60. The summed E-state index contributed by atoms with van der Waals surface area (Å²) in [4.78, 5) is 15.8. The molecule has 0 spiro atoms. The molecule has 0 saturated heterocycles. The molecule has 0 radical (unpaired) electrons. The molecule has 3 aromatic heterocycles. The molecule has 0 aromatic carbocycles. The molecular formula is C20H19F6N7. The SMILES string of the molecule is CCc1c(NC(C)C(F)(F)F)nc(Nc2ccnc(C(F)(F)F)c2)nc1-c1cccc(N)n1. The number of rotatable bonds is 6. The molecule has 0 aliphatic carbocycles. The topological polar surface area (TPSA) is 102 Å². The molecule has 1 atom stereocenters. The van der Waals surface area contributed by atoms with Crippen molar-refractivity contribution in [2.45, 2.75) is 38.7 Å². The Morgan fingerprint density at radius 2 is 1.76 bits per heavy atom. The van der Waals surface area contributed by atoms with E-state index in [1.165, 1.54) is 12.1 Å². The number of pyridine rings is 2. The average molecular weight is 471 g/mol. The predicted octanol–water partition coefficient (Wildman–Crippen LogP) is 5.20. The van der Waals surface area contributed by atoms with Crippen molar-refractivity contribution in [1.29, 1.82) is 0 Å². The molecule has 13 heteroatoms. The van der Waals surface area contributed by atoms with Crippen LogP contribution in [0.25, 0.3) is 11.4 Å². The van der Waals surface area contributed by atoms with E-state index in [2.05, 4.69) is 30.6 Å². The van der Waals surface area contributed by atoms with E-state index in [1.54, 1.807) is 19.1 Å². The first-order valence-corrected chi connectivity index (χ1v) is 9.65. The summed E-state index contributed by atoms with van der Waals surface area (Å²) in [6.45, 7) is 2.62. The number of nitrogens with zero attached hydrogens (tertiary/aromatic N) is 4. The number of nitrogens with two attached hydrogens (primary N) is 1. The Labute approximate surface area is 184 Å². The molecule has 0 saturated carbocycles. The van der Waals surface area contributed by atoms with E-state index in [4.69, 9.17) is 5.73 Å². The summed E-state index contributed by atoms with van der Waals surface area (Å²) in [6, 6.07) is 4.71. The van der Waals surface area contributed by atoms with Crippen LogP contribution in [0.1, 0.15) is 25.1 Å². The van der Waals surface area contributed by atoms with Crippen molar-refractivity contribution in [3.8, 4) is 11.4 Å². The van der Waals surface area contributed by atoms with Gasteiger partial charge in [-0.25, -0.2) is 9.97 Å². The van der Waals surface area contributed by atoms with Crippen LogP contribution in [0.5, 0.6) is 0 Å². The minimum atomic E-state index is -4.68. The number of anilines is 4. The zero-order chi connectivity index (χ0) is 24.4. The summed E-state index contributed by atoms with van der Waals surface area (Å²) in [5, 5.41) is 4.92. The zero-order valence-electron chi connectivity index (χ0n) is 17.4. The summed E-state index contributed by atoms with van der Waals surface area (Å²) in [6.07, 6.45) is -8.06. The molecule has 3 aromatic rings. The van der Waals surface area contributed by atoms with Gasteiger partial charge in [0.2, 0.25) is 5.95 Å². The van der Waals surface area contributed by atoms with Gasteiger partial charge in [-0.2, -0.15) is 31.3 Å². The van der Waals surface area contributed by atoms with Crippen LogP contribution < -0.4 is 16.4 Å². The van der Waals surface area contributed by atoms with Crippen LogP contribution in [0, 0.1) is 0 Å². The van der Waals surface area contributed by atoms with E-state index in [0.717, 1.165) is 19.2 Å². The highest BCUT2D eigenvalue weighted by Crippen LogP contribution is 2.33. The van der Waals surface area contributed by atoms with Crippen molar-refractivity contribution in [3.63, 3.8) is 0 Å². The number of hydrogen-bond acceptors (Lipinski definition) is 7. The van der Waals surface area contributed by atoms with Crippen molar-refractivity contribution < 1.29 is 26.3 Å². The molecule has 3 rings (SSSR count). The first-order valence-electron chi connectivity index (χ1n) is 9.65. The van der Waals surface area contributed by atoms with Crippen molar-refractivity contribution in [3.05, 3.63) is 47.8 Å². The Bertz CT molecular complexity index is 1130. The lowest BCUT2D eigenvalue weighted by molar-refractivity contribution is -0.141. The van der Waals surface area contributed by atoms with Gasteiger partial charge in [0.15, 0.2) is 0 Å². The number of alkyl halides is 6. The molecule has 33 heavy (non-hydrogen) atoms. The highest BCUT2D eigenvalue weighted by atomic mass is 19.4. The Hall–Kier alpha value is -3.64. The summed E-state index contributed by atoms with van der Waals surface area (Å²) in [7, 11) is 0. The minimum Gasteiger partial charge on any atom is -0.384 e. The van der Waals surface area contributed by atoms with Crippen LogP contribution in [0.15, 0.2) is 36.5 Å². The third kappa shape index (κ3) is 5.79. The number of nitrogen functional groups attached to an aromatic ring is 1. The van der Waals surface area contributed by atoms with Crippen molar-refractivity contribution in [2.75, 3.05) is 16.4 Å². The van der Waals surface area contributed by atoms with Crippen LogP contribution in [-0.2, 0) is 12.6 Å². The summed E-state index contributed by atoms with van der Waals surface area (Å²) in [5.41, 5.74) is 5.32. The fourth-order valence-electron chi connectivity index (χ4n) is 2.87. The van der Waals surface area contributed by atoms with Crippen molar-refractivity contribution >= 4 is 23.3 Å². The van der Waals surface area contributed by atoms with Crippen molar-refractivity contribution in [1.82, 2.24) is 19.9 Å². The molecule has 0 amide bonds. The minimum absolute atomic E-state index is 0.0529. The highest BCUT2D eigenvalue weighted by Gasteiger charge is 2.37. The van der Waals surface area contributed by atoms with E-state index in [1.807, 2.05) is 0 Å². The summed E-state index contributed by atoms with van der Waals surface area (Å²) < 4.78 is 78.5. The van der Waals surface area contributed by atoms with Crippen LogP contribution in [0.2, 0.25) is 0 Å². The van der Waals surface area contributed by atoms with Gasteiger partial charge in [0.25, 0.3) is 0 Å². The normalized spacial score (nSPS) is 13.0. The maximum atomic E-state index is 13.2. The summed E-state index contributed by atoms with van der Waals surface area (Å²) >= 11 is 0. The number of nitrogens with one attached hydrogen (secondary N) is 2.